The first kappa shape index (κ1) is 10.1. The maximum atomic E-state index is 2.82. The first-order valence-electron chi connectivity index (χ1n) is 6.91. The zero-order valence-electron chi connectivity index (χ0n) is 9.99. The third-order valence-corrected chi connectivity index (χ3v) is 4.70. The minimum Gasteiger partial charge on any atom is -0.285 e. The molecule has 0 amide bonds. The van der Waals surface area contributed by atoms with Crippen LogP contribution in [0.15, 0.2) is 0 Å². The molecule has 0 radical (unpaired) electrons. The van der Waals surface area contributed by atoms with Crippen LogP contribution in [0.3, 0.4) is 0 Å². The molecule has 0 aliphatic carbocycles. The van der Waals surface area contributed by atoms with Gasteiger partial charge in [-0.15, -0.1) is 0 Å². The van der Waals surface area contributed by atoms with Gasteiger partial charge in [-0.2, -0.15) is 0 Å². The van der Waals surface area contributed by atoms with Gasteiger partial charge in [-0.25, -0.2) is 0 Å². The normalized spacial score (nSPS) is 41.8. The standard InChI is InChI=1S/C13H24N2/c1-2-5-11-10-12-6-3-8-15(12)13-7-4-9-14(11)13/h11-13H,2-10H2,1H3/t11-,12+,13-/m0/s1. The molecular formula is C13H24N2. The molecule has 3 aliphatic rings. The van der Waals surface area contributed by atoms with Gasteiger partial charge in [0, 0.05) is 18.6 Å². The van der Waals surface area contributed by atoms with E-state index in [1.54, 1.807) is 0 Å². The summed E-state index contributed by atoms with van der Waals surface area (Å²) in [5.41, 5.74) is 0. The molecule has 2 heteroatoms. The van der Waals surface area contributed by atoms with Gasteiger partial charge in [0.15, 0.2) is 0 Å². The van der Waals surface area contributed by atoms with Crippen molar-refractivity contribution >= 4 is 0 Å². The highest BCUT2D eigenvalue weighted by atomic mass is 15.4. The minimum absolute atomic E-state index is 0.836. The highest BCUT2D eigenvalue weighted by molar-refractivity contribution is 4.97. The molecule has 0 aromatic carbocycles. The van der Waals surface area contributed by atoms with E-state index in [0.717, 1.165) is 18.2 Å². The van der Waals surface area contributed by atoms with Crippen molar-refractivity contribution in [1.29, 1.82) is 0 Å². The van der Waals surface area contributed by atoms with Gasteiger partial charge in [0.05, 0.1) is 6.17 Å². The Bertz CT molecular complexity index is 229. The Hall–Kier alpha value is -0.0800. The van der Waals surface area contributed by atoms with Crippen LogP contribution >= 0.6 is 0 Å². The molecule has 0 N–H and O–H groups in total. The average Bonchev–Trinajstić information content (AvgIpc) is 2.84. The molecule has 3 saturated heterocycles. The van der Waals surface area contributed by atoms with E-state index in [1.807, 2.05) is 0 Å². The Kier molecular flexibility index (Phi) is 2.73. The van der Waals surface area contributed by atoms with E-state index >= 15 is 0 Å². The molecule has 0 aromatic rings. The van der Waals surface area contributed by atoms with E-state index in [2.05, 4.69) is 16.7 Å². The van der Waals surface area contributed by atoms with Crippen LogP contribution in [-0.2, 0) is 0 Å². The number of hydrogen-bond donors (Lipinski definition) is 0. The molecule has 0 aromatic heterocycles. The lowest BCUT2D eigenvalue weighted by Crippen LogP contribution is -2.57. The fourth-order valence-corrected chi connectivity index (χ4v) is 4.12. The van der Waals surface area contributed by atoms with E-state index in [9.17, 15) is 0 Å². The van der Waals surface area contributed by atoms with Gasteiger partial charge in [-0.1, -0.05) is 13.3 Å². The summed E-state index contributed by atoms with van der Waals surface area (Å²) in [5, 5.41) is 0. The van der Waals surface area contributed by atoms with Crippen LogP contribution in [0, 0.1) is 0 Å². The maximum absolute atomic E-state index is 2.82. The summed E-state index contributed by atoms with van der Waals surface area (Å²) in [4.78, 5) is 5.64. The predicted octanol–water partition coefficient (Wildman–Crippen LogP) is 2.45. The van der Waals surface area contributed by atoms with Crippen molar-refractivity contribution in [3.05, 3.63) is 0 Å². The summed E-state index contributed by atoms with van der Waals surface area (Å²) in [6.45, 7) is 5.09. The SMILES string of the molecule is CCC[C@H]1C[C@H]2CCCN2[C@H]2CCCN12. The molecule has 86 valence electrons. The van der Waals surface area contributed by atoms with Gasteiger partial charge in [-0.05, 0) is 45.1 Å². The number of hydrogen-bond acceptors (Lipinski definition) is 2. The minimum atomic E-state index is 0.836. The molecular weight excluding hydrogens is 184 g/mol. The van der Waals surface area contributed by atoms with E-state index < -0.39 is 0 Å². The molecule has 3 heterocycles. The summed E-state index contributed by atoms with van der Waals surface area (Å²) in [6, 6.07) is 1.86. The van der Waals surface area contributed by atoms with Gasteiger partial charge in [0.25, 0.3) is 0 Å². The lowest BCUT2D eigenvalue weighted by Gasteiger charge is -2.47. The molecule has 2 nitrogen and oxygen atoms in total. The summed E-state index contributed by atoms with van der Waals surface area (Å²) in [6.07, 6.45) is 10.9. The molecule has 3 rings (SSSR count). The average molecular weight is 208 g/mol. The number of fused-ring (bicyclic) bond motifs is 3. The Morgan fingerprint density at radius 3 is 2.73 bits per heavy atom. The smallest absolute Gasteiger partial charge is 0.0627 e. The largest absolute Gasteiger partial charge is 0.285 e. The molecule has 0 saturated carbocycles. The number of rotatable bonds is 2. The fourth-order valence-electron chi connectivity index (χ4n) is 4.12. The van der Waals surface area contributed by atoms with Crippen LogP contribution in [0.5, 0.6) is 0 Å². The fraction of sp³-hybridized carbons (Fsp3) is 1.00. The molecule has 15 heavy (non-hydrogen) atoms. The third-order valence-electron chi connectivity index (χ3n) is 4.70. The second kappa shape index (κ2) is 4.06. The number of nitrogens with zero attached hydrogens (tertiary/aromatic N) is 2. The van der Waals surface area contributed by atoms with Crippen molar-refractivity contribution in [2.45, 2.75) is 70.1 Å². The van der Waals surface area contributed by atoms with Crippen LogP contribution < -0.4 is 0 Å². The quantitative estimate of drug-likeness (QED) is 0.688. The Balaban J connectivity index is 1.77. The van der Waals surface area contributed by atoms with E-state index in [-0.39, 0.29) is 0 Å². The van der Waals surface area contributed by atoms with Crippen molar-refractivity contribution in [2.75, 3.05) is 13.1 Å². The maximum Gasteiger partial charge on any atom is 0.0627 e. The van der Waals surface area contributed by atoms with Crippen molar-refractivity contribution in [1.82, 2.24) is 9.80 Å². The van der Waals surface area contributed by atoms with Crippen molar-refractivity contribution in [3.63, 3.8) is 0 Å². The predicted molar refractivity (Wildman–Crippen MR) is 62.8 cm³/mol. The van der Waals surface area contributed by atoms with Crippen molar-refractivity contribution in [2.24, 2.45) is 0 Å². The molecule has 3 fully saturated rings. The van der Waals surface area contributed by atoms with Crippen LogP contribution in [0.2, 0.25) is 0 Å². The van der Waals surface area contributed by atoms with Crippen LogP contribution in [0.25, 0.3) is 0 Å². The van der Waals surface area contributed by atoms with Crippen LogP contribution in [-0.4, -0.2) is 41.1 Å². The molecule has 0 bridgehead atoms. The zero-order valence-corrected chi connectivity index (χ0v) is 9.99. The Labute approximate surface area is 93.6 Å². The summed E-state index contributed by atoms with van der Waals surface area (Å²) in [7, 11) is 0. The molecule has 0 unspecified atom stereocenters. The lowest BCUT2D eigenvalue weighted by molar-refractivity contribution is -0.0251. The Morgan fingerprint density at radius 1 is 1.07 bits per heavy atom. The van der Waals surface area contributed by atoms with E-state index in [0.29, 0.717) is 0 Å². The van der Waals surface area contributed by atoms with Crippen molar-refractivity contribution in [3.8, 4) is 0 Å². The molecule has 0 spiro atoms. The third kappa shape index (κ3) is 1.62. The second-order valence-electron chi connectivity index (χ2n) is 5.57. The van der Waals surface area contributed by atoms with Gasteiger partial charge in [-0.3, -0.25) is 9.80 Å². The lowest BCUT2D eigenvalue weighted by atomic mass is 9.96. The van der Waals surface area contributed by atoms with Crippen molar-refractivity contribution < 1.29 is 0 Å². The summed E-state index contributed by atoms with van der Waals surface area (Å²) >= 11 is 0. The van der Waals surface area contributed by atoms with Crippen LogP contribution in [0.1, 0.15) is 51.9 Å². The van der Waals surface area contributed by atoms with Gasteiger partial charge < -0.3 is 0 Å². The van der Waals surface area contributed by atoms with Gasteiger partial charge in [0.2, 0.25) is 0 Å². The van der Waals surface area contributed by atoms with Gasteiger partial charge in [0.1, 0.15) is 0 Å². The van der Waals surface area contributed by atoms with E-state index in [1.165, 1.54) is 58.0 Å². The zero-order chi connectivity index (χ0) is 10.3. The van der Waals surface area contributed by atoms with Crippen LogP contribution in [0.4, 0.5) is 0 Å². The Morgan fingerprint density at radius 2 is 1.87 bits per heavy atom. The monoisotopic (exact) mass is 208 g/mol. The topological polar surface area (TPSA) is 6.48 Å². The highest BCUT2D eigenvalue weighted by Crippen LogP contribution is 2.38. The van der Waals surface area contributed by atoms with E-state index in [4.69, 9.17) is 0 Å². The summed E-state index contributed by atoms with van der Waals surface area (Å²) in [5.74, 6) is 0. The first-order valence-corrected chi connectivity index (χ1v) is 6.91. The first-order chi connectivity index (χ1) is 7.40. The molecule has 3 atom stereocenters. The summed E-state index contributed by atoms with van der Waals surface area (Å²) < 4.78 is 0. The molecule has 3 aliphatic heterocycles. The second-order valence-corrected chi connectivity index (χ2v) is 5.57. The van der Waals surface area contributed by atoms with Gasteiger partial charge >= 0.3 is 0 Å². The highest BCUT2D eigenvalue weighted by Gasteiger charge is 2.44.